The average molecular weight is 277 g/mol. The summed E-state index contributed by atoms with van der Waals surface area (Å²) in [4.78, 5) is 1.37. The lowest BCUT2D eigenvalue weighted by molar-refractivity contribution is 0.175. The molecule has 0 saturated carbocycles. The number of benzene rings is 1. The van der Waals surface area contributed by atoms with E-state index in [0.717, 1.165) is 24.3 Å². The van der Waals surface area contributed by atoms with Crippen LogP contribution >= 0.6 is 11.3 Å². The molecule has 2 rings (SSSR count). The standard InChI is InChI=1S/C15H19NO2S/c1-18-13-6-4-12(5-7-13)15(17)11-16-9-8-14-3-2-10-19-14/h2-7,10,15-17H,8-9,11H2,1H3. The Morgan fingerprint density at radius 1 is 1.26 bits per heavy atom. The van der Waals surface area contributed by atoms with Crippen molar-refractivity contribution in [2.75, 3.05) is 20.2 Å². The third-order valence-electron chi connectivity index (χ3n) is 2.97. The molecule has 1 atom stereocenters. The number of hydrogen-bond acceptors (Lipinski definition) is 4. The Balaban J connectivity index is 1.72. The van der Waals surface area contributed by atoms with E-state index in [0.29, 0.717) is 6.54 Å². The Bertz CT molecular complexity index is 467. The van der Waals surface area contributed by atoms with Crippen molar-refractivity contribution >= 4 is 11.3 Å². The number of aliphatic hydroxyl groups excluding tert-OH is 1. The van der Waals surface area contributed by atoms with Gasteiger partial charge in [-0.3, -0.25) is 0 Å². The number of nitrogens with one attached hydrogen (secondary N) is 1. The lowest BCUT2D eigenvalue weighted by atomic mass is 10.1. The highest BCUT2D eigenvalue weighted by Gasteiger charge is 2.06. The van der Waals surface area contributed by atoms with Gasteiger partial charge >= 0.3 is 0 Å². The molecule has 102 valence electrons. The summed E-state index contributed by atoms with van der Waals surface area (Å²) in [5.41, 5.74) is 0.907. The van der Waals surface area contributed by atoms with Crippen LogP contribution in [-0.2, 0) is 6.42 Å². The van der Waals surface area contributed by atoms with Gasteiger partial charge in [-0.05, 0) is 35.6 Å². The Labute approximate surface area is 117 Å². The van der Waals surface area contributed by atoms with Gasteiger partial charge in [-0.2, -0.15) is 0 Å². The van der Waals surface area contributed by atoms with E-state index < -0.39 is 6.10 Å². The lowest BCUT2D eigenvalue weighted by Crippen LogP contribution is -2.23. The molecule has 1 aromatic carbocycles. The van der Waals surface area contributed by atoms with Gasteiger partial charge in [-0.15, -0.1) is 11.3 Å². The molecule has 0 aliphatic rings. The topological polar surface area (TPSA) is 41.5 Å². The van der Waals surface area contributed by atoms with Gasteiger partial charge in [0.2, 0.25) is 0 Å². The summed E-state index contributed by atoms with van der Waals surface area (Å²) in [5, 5.41) is 15.4. The highest BCUT2D eigenvalue weighted by atomic mass is 32.1. The molecule has 0 aliphatic heterocycles. The van der Waals surface area contributed by atoms with E-state index in [1.165, 1.54) is 4.88 Å². The third kappa shape index (κ3) is 4.35. The zero-order chi connectivity index (χ0) is 13.5. The maximum atomic E-state index is 10.0. The van der Waals surface area contributed by atoms with Crippen molar-refractivity contribution in [1.82, 2.24) is 5.32 Å². The fraction of sp³-hybridized carbons (Fsp3) is 0.333. The Morgan fingerprint density at radius 2 is 2.05 bits per heavy atom. The first-order valence-corrected chi connectivity index (χ1v) is 7.22. The average Bonchev–Trinajstić information content (AvgIpc) is 2.96. The summed E-state index contributed by atoms with van der Waals surface area (Å²) in [5.74, 6) is 0.807. The van der Waals surface area contributed by atoms with Gasteiger partial charge in [-0.1, -0.05) is 18.2 Å². The van der Waals surface area contributed by atoms with E-state index >= 15 is 0 Å². The van der Waals surface area contributed by atoms with Gasteiger partial charge < -0.3 is 15.2 Å². The van der Waals surface area contributed by atoms with Crippen LogP contribution < -0.4 is 10.1 Å². The van der Waals surface area contributed by atoms with Crippen LogP contribution in [0, 0.1) is 0 Å². The molecule has 2 aromatic rings. The molecule has 0 amide bonds. The molecule has 0 fully saturated rings. The number of rotatable bonds is 7. The summed E-state index contributed by atoms with van der Waals surface area (Å²) in [6.45, 7) is 1.45. The van der Waals surface area contributed by atoms with Crippen LogP contribution in [0.3, 0.4) is 0 Å². The van der Waals surface area contributed by atoms with E-state index in [-0.39, 0.29) is 0 Å². The number of hydrogen-bond donors (Lipinski definition) is 2. The van der Waals surface area contributed by atoms with E-state index in [1.807, 2.05) is 24.3 Å². The zero-order valence-corrected chi connectivity index (χ0v) is 11.8. The molecular formula is C15H19NO2S. The monoisotopic (exact) mass is 277 g/mol. The van der Waals surface area contributed by atoms with Crippen molar-refractivity contribution in [2.45, 2.75) is 12.5 Å². The molecule has 4 heteroatoms. The Kier molecular flexibility index (Phi) is 5.39. The van der Waals surface area contributed by atoms with Crippen molar-refractivity contribution in [3.8, 4) is 5.75 Å². The Morgan fingerprint density at radius 3 is 2.68 bits per heavy atom. The fourth-order valence-corrected chi connectivity index (χ4v) is 2.56. The molecule has 0 aliphatic carbocycles. The number of methoxy groups -OCH3 is 1. The number of aliphatic hydroxyl groups is 1. The van der Waals surface area contributed by atoms with Gasteiger partial charge in [0.15, 0.2) is 0 Å². The molecule has 0 bridgehead atoms. The second-order valence-electron chi connectivity index (χ2n) is 4.32. The van der Waals surface area contributed by atoms with Crippen LogP contribution in [0.2, 0.25) is 0 Å². The first-order chi connectivity index (χ1) is 9.29. The molecule has 1 heterocycles. The number of ether oxygens (including phenoxy) is 1. The molecule has 0 radical (unpaired) electrons. The molecule has 2 N–H and O–H groups in total. The minimum Gasteiger partial charge on any atom is -0.497 e. The quantitative estimate of drug-likeness (QED) is 0.764. The summed E-state index contributed by atoms with van der Waals surface area (Å²) < 4.78 is 5.09. The number of thiophene rings is 1. The van der Waals surface area contributed by atoms with Crippen LogP contribution in [0.4, 0.5) is 0 Å². The second-order valence-corrected chi connectivity index (χ2v) is 5.35. The summed E-state index contributed by atoms with van der Waals surface area (Å²) in [6, 6.07) is 11.7. The van der Waals surface area contributed by atoms with E-state index in [2.05, 4.69) is 22.8 Å². The lowest BCUT2D eigenvalue weighted by Gasteiger charge is -2.12. The molecule has 0 saturated heterocycles. The fourth-order valence-electron chi connectivity index (χ4n) is 1.85. The highest BCUT2D eigenvalue weighted by Crippen LogP contribution is 2.17. The summed E-state index contributed by atoms with van der Waals surface area (Å²) in [7, 11) is 1.64. The zero-order valence-electron chi connectivity index (χ0n) is 11.0. The van der Waals surface area contributed by atoms with Gasteiger partial charge in [-0.25, -0.2) is 0 Å². The van der Waals surface area contributed by atoms with Crippen LogP contribution in [0.1, 0.15) is 16.5 Å². The molecular weight excluding hydrogens is 258 g/mol. The molecule has 1 unspecified atom stereocenters. The molecule has 3 nitrogen and oxygen atoms in total. The van der Waals surface area contributed by atoms with Gasteiger partial charge in [0.05, 0.1) is 13.2 Å². The third-order valence-corrected chi connectivity index (χ3v) is 3.90. The smallest absolute Gasteiger partial charge is 0.118 e. The summed E-state index contributed by atoms with van der Waals surface area (Å²) in [6.07, 6.45) is 0.529. The van der Waals surface area contributed by atoms with Gasteiger partial charge in [0, 0.05) is 18.0 Å². The molecule has 1 aromatic heterocycles. The Hall–Kier alpha value is -1.36. The second kappa shape index (κ2) is 7.28. The van der Waals surface area contributed by atoms with Crippen LogP contribution in [-0.4, -0.2) is 25.3 Å². The predicted octanol–water partition coefficient (Wildman–Crippen LogP) is 2.62. The highest BCUT2D eigenvalue weighted by molar-refractivity contribution is 7.09. The van der Waals surface area contributed by atoms with Crippen LogP contribution in [0.15, 0.2) is 41.8 Å². The summed E-state index contributed by atoms with van der Waals surface area (Å²) >= 11 is 1.77. The van der Waals surface area contributed by atoms with Crippen molar-refractivity contribution < 1.29 is 9.84 Å². The van der Waals surface area contributed by atoms with E-state index in [9.17, 15) is 5.11 Å². The largest absolute Gasteiger partial charge is 0.497 e. The first-order valence-electron chi connectivity index (χ1n) is 6.34. The van der Waals surface area contributed by atoms with E-state index in [4.69, 9.17) is 4.74 Å². The first kappa shape index (κ1) is 14.1. The predicted molar refractivity (Wildman–Crippen MR) is 78.8 cm³/mol. The van der Waals surface area contributed by atoms with Crippen LogP contribution in [0.25, 0.3) is 0 Å². The maximum Gasteiger partial charge on any atom is 0.118 e. The van der Waals surface area contributed by atoms with Crippen molar-refractivity contribution in [3.05, 3.63) is 52.2 Å². The molecule has 19 heavy (non-hydrogen) atoms. The minimum absolute atomic E-state index is 0.478. The van der Waals surface area contributed by atoms with Gasteiger partial charge in [0.25, 0.3) is 0 Å². The van der Waals surface area contributed by atoms with E-state index in [1.54, 1.807) is 18.4 Å². The van der Waals surface area contributed by atoms with Gasteiger partial charge in [0.1, 0.15) is 5.75 Å². The van der Waals surface area contributed by atoms with Crippen LogP contribution in [0.5, 0.6) is 5.75 Å². The SMILES string of the molecule is COc1ccc(C(O)CNCCc2cccs2)cc1. The minimum atomic E-state index is -0.478. The van der Waals surface area contributed by atoms with Crippen molar-refractivity contribution in [3.63, 3.8) is 0 Å². The van der Waals surface area contributed by atoms with Crippen molar-refractivity contribution in [2.24, 2.45) is 0 Å². The normalized spacial score (nSPS) is 12.3. The maximum absolute atomic E-state index is 10.0. The molecule has 0 spiro atoms. The van der Waals surface area contributed by atoms with Crippen molar-refractivity contribution in [1.29, 1.82) is 0 Å².